The van der Waals surface area contributed by atoms with Gasteiger partial charge in [0.1, 0.15) is 4.88 Å². The van der Waals surface area contributed by atoms with Gasteiger partial charge in [-0.1, -0.05) is 20.8 Å². The number of carbonyl (C=O) groups excluding carboxylic acids is 1. The van der Waals surface area contributed by atoms with Crippen LogP contribution in [0.4, 0.5) is 0 Å². The maximum atomic E-state index is 12.5. The number of likely N-dealkylation sites (tertiary alicyclic amines) is 1. The van der Waals surface area contributed by atoms with Crippen LogP contribution in [0.15, 0.2) is 5.51 Å². The molecule has 1 amide bonds. The summed E-state index contributed by atoms with van der Waals surface area (Å²) in [6.45, 7) is 7.80. The quantitative estimate of drug-likeness (QED) is 0.846. The van der Waals surface area contributed by atoms with Crippen molar-refractivity contribution in [3.8, 4) is 0 Å². The molecule has 1 aliphatic rings. The molecule has 2 rings (SSSR count). The molecule has 1 saturated heterocycles. The number of aromatic nitrogens is 1. The van der Waals surface area contributed by atoms with Crippen molar-refractivity contribution >= 4 is 17.2 Å². The number of amides is 1. The van der Waals surface area contributed by atoms with Crippen molar-refractivity contribution in [2.24, 2.45) is 5.73 Å². The van der Waals surface area contributed by atoms with E-state index in [2.05, 4.69) is 25.8 Å². The fourth-order valence-corrected chi connectivity index (χ4v) is 3.14. The molecule has 0 aromatic carbocycles. The molecule has 0 saturated carbocycles. The Bertz CT molecular complexity index is 428. The van der Waals surface area contributed by atoms with Gasteiger partial charge >= 0.3 is 0 Å². The van der Waals surface area contributed by atoms with Crippen LogP contribution in [0.25, 0.3) is 0 Å². The molecule has 0 unspecified atom stereocenters. The average molecular weight is 267 g/mol. The molecule has 2 N–H and O–H groups in total. The van der Waals surface area contributed by atoms with E-state index in [0.29, 0.717) is 0 Å². The number of hydrogen-bond donors (Lipinski definition) is 1. The molecule has 4 nitrogen and oxygen atoms in total. The molecule has 0 radical (unpaired) electrons. The van der Waals surface area contributed by atoms with Crippen molar-refractivity contribution in [3.05, 3.63) is 16.1 Å². The van der Waals surface area contributed by atoms with Gasteiger partial charge in [-0.3, -0.25) is 4.79 Å². The lowest BCUT2D eigenvalue weighted by atomic mass is 9.91. The van der Waals surface area contributed by atoms with E-state index in [-0.39, 0.29) is 17.4 Å². The van der Waals surface area contributed by atoms with Gasteiger partial charge in [-0.15, -0.1) is 11.3 Å². The first-order chi connectivity index (χ1) is 8.39. The monoisotopic (exact) mass is 267 g/mol. The van der Waals surface area contributed by atoms with Gasteiger partial charge in [0, 0.05) is 24.5 Å². The molecule has 0 atom stereocenters. The highest BCUT2D eigenvalue weighted by Crippen LogP contribution is 2.28. The summed E-state index contributed by atoms with van der Waals surface area (Å²) in [5, 5.41) is 0. The lowest BCUT2D eigenvalue weighted by molar-refractivity contribution is 0.0717. The first-order valence-corrected chi connectivity index (χ1v) is 7.26. The van der Waals surface area contributed by atoms with Gasteiger partial charge < -0.3 is 10.6 Å². The Kier molecular flexibility index (Phi) is 3.73. The van der Waals surface area contributed by atoms with E-state index in [1.54, 1.807) is 5.51 Å². The van der Waals surface area contributed by atoms with Crippen molar-refractivity contribution in [2.75, 3.05) is 13.1 Å². The Labute approximate surface area is 112 Å². The van der Waals surface area contributed by atoms with Crippen molar-refractivity contribution in [1.29, 1.82) is 0 Å². The number of piperidine rings is 1. The molecule has 0 spiro atoms. The Morgan fingerprint density at radius 2 is 2.06 bits per heavy atom. The van der Waals surface area contributed by atoms with Crippen molar-refractivity contribution in [2.45, 2.75) is 45.1 Å². The zero-order chi connectivity index (χ0) is 13.3. The van der Waals surface area contributed by atoms with E-state index in [1.165, 1.54) is 11.3 Å². The molecule has 1 fully saturated rings. The number of nitrogens with two attached hydrogens (primary N) is 1. The summed E-state index contributed by atoms with van der Waals surface area (Å²) >= 11 is 1.45. The van der Waals surface area contributed by atoms with Crippen LogP contribution in [0.5, 0.6) is 0 Å². The predicted octanol–water partition coefficient (Wildman–Crippen LogP) is 2.00. The van der Waals surface area contributed by atoms with Crippen molar-refractivity contribution in [3.63, 3.8) is 0 Å². The van der Waals surface area contributed by atoms with Crippen LogP contribution in [0.3, 0.4) is 0 Å². The van der Waals surface area contributed by atoms with Crippen LogP contribution in [0, 0.1) is 0 Å². The largest absolute Gasteiger partial charge is 0.338 e. The number of hydrogen-bond acceptors (Lipinski definition) is 4. The summed E-state index contributed by atoms with van der Waals surface area (Å²) in [5.74, 6) is 0.120. The lowest BCUT2D eigenvalue weighted by Gasteiger charge is -2.30. The molecule has 1 aromatic heterocycles. The number of rotatable bonds is 1. The van der Waals surface area contributed by atoms with E-state index in [4.69, 9.17) is 5.73 Å². The van der Waals surface area contributed by atoms with Gasteiger partial charge in [-0.05, 0) is 12.8 Å². The number of nitrogens with zero attached hydrogens (tertiary/aromatic N) is 2. The van der Waals surface area contributed by atoms with Crippen LogP contribution < -0.4 is 5.73 Å². The molecule has 1 aliphatic heterocycles. The van der Waals surface area contributed by atoms with Gasteiger partial charge in [-0.25, -0.2) is 4.98 Å². The highest BCUT2D eigenvalue weighted by molar-refractivity contribution is 7.11. The fourth-order valence-electron chi connectivity index (χ4n) is 2.18. The van der Waals surface area contributed by atoms with Gasteiger partial charge in [-0.2, -0.15) is 0 Å². The third kappa shape index (κ3) is 2.72. The molecule has 100 valence electrons. The SMILES string of the molecule is CC(C)(C)c1ncsc1C(=O)N1CCC(N)CC1. The fraction of sp³-hybridized carbons (Fsp3) is 0.692. The standard InChI is InChI=1S/C13H21N3OS/c1-13(2,3)11-10(18-8-15-11)12(17)16-6-4-9(14)5-7-16/h8-9H,4-7,14H2,1-3H3. The second kappa shape index (κ2) is 4.97. The summed E-state index contributed by atoms with van der Waals surface area (Å²) in [7, 11) is 0. The zero-order valence-corrected chi connectivity index (χ0v) is 12.1. The number of carbonyl (C=O) groups is 1. The van der Waals surface area contributed by atoms with Crippen LogP contribution >= 0.6 is 11.3 Å². The highest BCUT2D eigenvalue weighted by atomic mass is 32.1. The first kappa shape index (κ1) is 13.5. The minimum Gasteiger partial charge on any atom is -0.338 e. The average Bonchev–Trinajstić information content (AvgIpc) is 2.77. The molecule has 2 heterocycles. The van der Waals surface area contributed by atoms with Crippen LogP contribution in [0.2, 0.25) is 0 Å². The van der Waals surface area contributed by atoms with Crippen LogP contribution in [-0.4, -0.2) is 34.9 Å². The third-order valence-electron chi connectivity index (χ3n) is 3.30. The van der Waals surface area contributed by atoms with E-state index >= 15 is 0 Å². The van der Waals surface area contributed by atoms with Gasteiger partial charge in [0.25, 0.3) is 5.91 Å². The predicted molar refractivity (Wildman–Crippen MR) is 73.9 cm³/mol. The van der Waals surface area contributed by atoms with Gasteiger partial charge in [0.2, 0.25) is 0 Å². The van der Waals surface area contributed by atoms with E-state index in [9.17, 15) is 4.79 Å². The maximum Gasteiger partial charge on any atom is 0.265 e. The Hall–Kier alpha value is -0.940. The normalized spacial score (nSPS) is 18.1. The van der Waals surface area contributed by atoms with Crippen molar-refractivity contribution < 1.29 is 4.79 Å². The van der Waals surface area contributed by atoms with Crippen molar-refractivity contribution in [1.82, 2.24) is 9.88 Å². The van der Waals surface area contributed by atoms with E-state index in [0.717, 1.165) is 36.5 Å². The van der Waals surface area contributed by atoms with Crippen LogP contribution in [-0.2, 0) is 5.41 Å². The van der Waals surface area contributed by atoms with E-state index < -0.39 is 0 Å². The third-order valence-corrected chi connectivity index (χ3v) is 4.11. The summed E-state index contributed by atoms with van der Waals surface area (Å²) < 4.78 is 0. The second-order valence-electron chi connectivity index (χ2n) is 5.91. The maximum absolute atomic E-state index is 12.5. The summed E-state index contributed by atoms with van der Waals surface area (Å²) in [6.07, 6.45) is 1.80. The van der Waals surface area contributed by atoms with Crippen LogP contribution in [0.1, 0.15) is 49.0 Å². The summed E-state index contributed by atoms with van der Waals surface area (Å²) in [4.78, 5) is 19.6. The zero-order valence-electron chi connectivity index (χ0n) is 11.3. The smallest absolute Gasteiger partial charge is 0.265 e. The van der Waals surface area contributed by atoms with Gasteiger partial charge in [0.05, 0.1) is 11.2 Å². The minimum absolute atomic E-state index is 0.0861. The molecular weight excluding hydrogens is 246 g/mol. The lowest BCUT2D eigenvalue weighted by Crippen LogP contribution is -2.43. The highest BCUT2D eigenvalue weighted by Gasteiger charge is 2.29. The topological polar surface area (TPSA) is 59.2 Å². The first-order valence-electron chi connectivity index (χ1n) is 6.38. The molecule has 5 heteroatoms. The molecular formula is C13H21N3OS. The molecule has 0 bridgehead atoms. The molecule has 18 heavy (non-hydrogen) atoms. The Morgan fingerprint density at radius 3 is 2.61 bits per heavy atom. The van der Waals surface area contributed by atoms with Gasteiger partial charge in [0.15, 0.2) is 0 Å². The summed E-state index contributed by atoms with van der Waals surface area (Å²) in [6, 6.07) is 0.248. The number of thiazole rings is 1. The molecule has 1 aromatic rings. The Morgan fingerprint density at radius 1 is 1.44 bits per heavy atom. The minimum atomic E-state index is -0.0861. The Balaban J connectivity index is 2.17. The molecule has 0 aliphatic carbocycles. The second-order valence-corrected chi connectivity index (χ2v) is 6.76. The summed E-state index contributed by atoms with van der Waals surface area (Å²) in [5.41, 5.74) is 8.46. The van der Waals surface area contributed by atoms with E-state index in [1.807, 2.05) is 4.90 Å².